The van der Waals surface area contributed by atoms with Crippen molar-refractivity contribution in [1.82, 2.24) is 9.97 Å². The van der Waals surface area contributed by atoms with Crippen LogP contribution < -0.4 is 4.31 Å². The van der Waals surface area contributed by atoms with Gasteiger partial charge in [-0.2, -0.15) is 8.42 Å². The number of H-pyrrole nitrogens is 1. The van der Waals surface area contributed by atoms with Gasteiger partial charge in [-0.1, -0.05) is 23.4 Å². The molecule has 2 N–H and O–H groups in total. The van der Waals surface area contributed by atoms with Crippen LogP contribution in [-0.2, 0) is 10.0 Å². The third-order valence-electron chi connectivity index (χ3n) is 3.40. The van der Waals surface area contributed by atoms with Gasteiger partial charge in [-0.05, 0) is 13.0 Å². The van der Waals surface area contributed by atoms with Crippen molar-refractivity contribution in [2.45, 2.75) is 18.4 Å². The minimum Gasteiger partial charge on any atom is -0.411 e. The third kappa shape index (κ3) is 2.17. The number of aryl methyl sites for hydroxylation is 1. The highest BCUT2D eigenvalue weighted by Gasteiger charge is 2.32. The molecule has 3 rings (SSSR count). The van der Waals surface area contributed by atoms with Crippen molar-refractivity contribution >= 4 is 21.4 Å². The van der Waals surface area contributed by atoms with Crippen LogP contribution in [0.2, 0.25) is 0 Å². The summed E-state index contributed by atoms with van der Waals surface area (Å²) in [5, 5.41) is 12.4. The Morgan fingerprint density at radius 3 is 2.81 bits per heavy atom. The van der Waals surface area contributed by atoms with E-state index in [1.807, 2.05) is 0 Å². The number of rotatable bonds is 2. The molecule has 110 valence electrons. The Morgan fingerprint density at radius 2 is 2.14 bits per heavy atom. The molecule has 0 radical (unpaired) electrons. The number of sulfonamides is 1. The number of hydrogen-bond donors (Lipinski definition) is 2. The number of nitrogens with one attached hydrogen (secondary N) is 1. The van der Waals surface area contributed by atoms with Crippen LogP contribution in [0, 0.1) is 6.92 Å². The maximum Gasteiger partial charge on any atom is 0.281 e. The Bertz CT molecular complexity index is 810. The Kier molecular flexibility index (Phi) is 3.17. The number of hydrogen-bond acceptors (Lipinski definition) is 5. The normalized spacial score (nSPS) is 17.0. The largest absolute Gasteiger partial charge is 0.411 e. The molecule has 1 aliphatic heterocycles. The predicted octanol–water partition coefficient (Wildman–Crippen LogP) is 1.50. The maximum atomic E-state index is 12.7. The zero-order chi connectivity index (χ0) is 15.0. The van der Waals surface area contributed by atoms with Crippen molar-refractivity contribution in [2.75, 3.05) is 10.8 Å². The molecule has 2 heterocycles. The lowest BCUT2D eigenvalue weighted by molar-refractivity contribution is 0.318. The molecular formula is C13H14N4O3S. The van der Waals surface area contributed by atoms with Crippen LogP contribution in [0.5, 0.6) is 0 Å². The lowest BCUT2D eigenvalue weighted by Crippen LogP contribution is -2.37. The number of benzene rings is 1. The van der Waals surface area contributed by atoms with Gasteiger partial charge in [0.15, 0.2) is 5.03 Å². The number of aromatic amines is 1. The summed E-state index contributed by atoms with van der Waals surface area (Å²) in [7, 11) is -3.71. The average molecular weight is 306 g/mol. The molecule has 8 heteroatoms. The molecule has 0 spiro atoms. The quantitative estimate of drug-likeness (QED) is 0.648. The van der Waals surface area contributed by atoms with Crippen molar-refractivity contribution in [2.24, 2.45) is 5.16 Å². The first kappa shape index (κ1) is 13.6. The SMILES string of the molecule is Cc1ncc(S(=O)(=O)N2CCC(=NO)c3ccccc32)[nH]1. The summed E-state index contributed by atoms with van der Waals surface area (Å²) in [6, 6.07) is 6.96. The fourth-order valence-electron chi connectivity index (χ4n) is 2.40. The molecule has 0 atom stereocenters. The van der Waals surface area contributed by atoms with Crippen LogP contribution >= 0.6 is 0 Å². The molecule has 2 aromatic rings. The minimum absolute atomic E-state index is 0.0548. The lowest BCUT2D eigenvalue weighted by atomic mass is 10.0. The van der Waals surface area contributed by atoms with E-state index in [0.29, 0.717) is 29.2 Å². The summed E-state index contributed by atoms with van der Waals surface area (Å²) in [6.45, 7) is 1.91. The third-order valence-corrected chi connectivity index (χ3v) is 5.13. The zero-order valence-electron chi connectivity index (χ0n) is 11.3. The molecular weight excluding hydrogens is 292 g/mol. The van der Waals surface area contributed by atoms with Gasteiger partial charge in [-0.15, -0.1) is 0 Å². The molecule has 0 aliphatic carbocycles. The van der Waals surface area contributed by atoms with E-state index in [1.54, 1.807) is 31.2 Å². The van der Waals surface area contributed by atoms with E-state index in [9.17, 15) is 8.42 Å². The first-order valence-electron chi connectivity index (χ1n) is 6.38. The summed E-state index contributed by atoms with van der Waals surface area (Å²) in [5.74, 6) is 0.538. The van der Waals surface area contributed by atoms with Gasteiger partial charge in [0.1, 0.15) is 5.82 Å². The second-order valence-corrected chi connectivity index (χ2v) is 6.55. The summed E-state index contributed by atoms with van der Waals surface area (Å²) in [6.07, 6.45) is 1.66. The van der Waals surface area contributed by atoms with E-state index in [1.165, 1.54) is 10.5 Å². The van der Waals surface area contributed by atoms with Gasteiger partial charge >= 0.3 is 0 Å². The molecule has 1 aromatic carbocycles. The second kappa shape index (κ2) is 4.88. The van der Waals surface area contributed by atoms with E-state index in [0.717, 1.165) is 0 Å². The van der Waals surface area contributed by atoms with Crippen LogP contribution in [-0.4, -0.2) is 35.8 Å². The van der Waals surface area contributed by atoms with Gasteiger partial charge in [0.2, 0.25) is 0 Å². The van der Waals surface area contributed by atoms with Crippen LogP contribution in [0.15, 0.2) is 40.6 Å². The van der Waals surface area contributed by atoms with Crippen molar-refractivity contribution < 1.29 is 13.6 Å². The number of aromatic nitrogens is 2. The molecule has 0 fully saturated rings. The fraction of sp³-hybridized carbons (Fsp3) is 0.231. The van der Waals surface area contributed by atoms with Crippen LogP contribution in [0.4, 0.5) is 5.69 Å². The van der Waals surface area contributed by atoms with Crippen LogP contribution in [0.3, 0.4) is 0 Å². The molecule has 0 unspecified atom stereocenters. The number of oxime groups is 1. The summed E-state index contributed by atoms with van der Waals surface area (Å²) in [4.78, 5) is 6.69. The van der Waals surface area contributed by atoms with Crippen molar-refractivity contribution in [3.8, 4) is 0 Å². The number of para-hydroxylation sites is 1. The predicted molar refractivity (Wildman–Crippen MR) is 77.2 cm³/mol. The van der Waals surface area contributed by atoms with Crippen LogP contribution in [0.1, 0.15) is 17.8 Å². The van der Waals surface area contributed by atoms with E-state index < -0.39 is 10.0 Å². The molecule has 1 aliphatic rings. The van der Waals surface area contributed by atoms with E-state index in [4.69, 9.17) is 5.21 Å². The summed E-state index contributed by atoms with van der Waals surface area (Å²) < 4.78 is 26.7. The maximum absolute atomic E-state index is 12.7. The molecule has 7 nitrogen and oxygen atoms in total. The lowest BCUT2D eigenvalue weighted by Gasteiger charge is -2.30. The molecule has 0 bridgehead atoms. The number of imidazole rings is 1. The monoisotopic (exact) mass is 306 g/mol. The summed E-state index contributed by atoms with van der Waals surface area (Å²) in [5.41, 5.74) is 1.60. The van der Waals surface area contributed by atoms with Crippen molar-refractivity contribution in [3.63, 3.8) is 0 Å². The standard InChI is InChI=1S/C13H14N4O3S/c1-9-14-8-13(15-9)21(19,20)17-7-6-11(16-18)10-4-2-3-5-12(10)17/h2-5,8,18H,6-7H2,1H3,(H,14,15). The number of nitrogens with zero attached hydrogens (tertiary/aromatic N) is 3. The highest BCUT2D eigenvalue weighted by molar-refractivity contribution is 7.92. The van der Waals surface area contributed by atoms with Gasteiger partial charge in [0.25, 0.3) is 10.0 Å². The Labute approximate surface area is 122 Å². The molecule has 1 aromatic heterocycles. The molecule has 21 heavy (non-hydrogen) atoms. The average Bonchev–Trinajstić information content (AvgIpc) is 2.93. The molecule has 0 amide bonds. The topological polar surface area (TPSA) is 98.7 Å². The van der Waals surface area contributed by atoms with Crippen LogP contribution in [0.25, 0.3) is 0 Å². The van der Waals surface area contributed by atoms with Crippen molar-refractivity contribution in [1.29, 1.82) is 0 Å². The van der Waals surface area contributed by atoms with E-state index in [-0.39, 0.29) is 11.6 Å². The van der Waals surface area contributed by atoms with Gasteiger partial charge in [0.05, 0.1) is 17.6 Å². The highest BCUT2D eigenvalue weighted by atomic mass is 32.2. The number of fused-ring (bicyclic) bond motifs is 1. The zero-order valence-corrected chi connectivity index (χ0v) is 12.1. The smallest absolute Gasteiger partial charge is 0.281 e. The minimum atomic E-state index is -3.71. The highest BCUT2D eigenvalue weighted by Crippen LogP contribution is 2.31. The van der Waals surface area contributed by atoms with Gasteiger partial charge < -0.3 is 10.2 Å². The fourth-order valence-corrected chi connectivity index (χ4v) is 3.85. The van der Waals surface area contributed by atoms with Gasteiger partial charge in [0, 0.05) is 18.5 Å². The first-order chi connectivity index (χ1) is 10.0. The first-order valence-corrected chi connectivity index (χ1v) is 7.82. The van der Waals surface area contributed by atoms with Gasteiger partial charge in [-0.3, -0.25) is 4.31 Å². The Hall–Kier alpha value is -2.35. The van der Waals surface area contributed by atoms with E-state index >= 15 is 0 Å². The van der Waals surface area contributed by atoms with Gasteiger partial charge in [-0.25, -0.2) is 4.98 Å². The number of anilines is 1. The molecule has 0 saturated carbocycles. The molecule has 0 saturated heterocycles. The van der Waals surface area contributed by atoms with Crippen molar-refractivity contribution in [3.05, 3.63) is 41.9 Å². The second-order valence-electron chi connectivity index (χ2n) is 4.72. The summed E-state index contributed by atoms with van der Waals surface area (Å²) >= 11 is 0. The Balaban J connectivity index is 2.12. The van der Waals surface area contributed by atoms with E-state index in [2.05, 4.69) is 15.1 Å². The Morgan fingerprint density at radius 1 is 1.38 bits per heavy atom.